The molecule has 0 radical (unpaired) electrons. The molecule has 1 aromatic carbocycles. The van der Waals surface area contributed by atoms with Crippen molar-refractivity contribution in [3.63, 3.8) is 0 Å². The zero-order valence-corrected chi connectivity index (χ0v) is 81.6. The summed E-state index contributed by atoms with van der Waals surface area (Å²) in [6.45, 7) is 45.7. The third-order valence-electron chi connectivity index (χ3n) is 26.8. The van der Waals surface area contributed by atoms with E-state index in [2.05, 4.69) is 200 Å². The van der Waals surface area contributed by atoms with Crippen molar-refractivity contribution in [2.24, 2.45) is 7.05 Å². The van der Waals surface area contributed by atoms with E-state index in [0.29, 0.717) is 74.9 Å². The molecule has 31 nitrogen and oxygen atoms in total. The van der Waals surface area contributed by atoms with Crippen molar-refractivity contribution in [3.05, 3.63) is 222 Å². The lowest BCUT2D eigenvalue weighted by atomic mass is 9.79. The molecule has 5 saturated heterocycles. The highest BCUT2D eigenvalue weighted by molar-refractivity contribution is 5.84. The van der Waals surface area contributed by atoms with Crippen LogP contribution in [0.15, 0.2) is 160 Å². The van der Waals surface area contributed by atoms with E-state index in [1.54, 1.807) is 52.7 Å². The molecular formula is C102H130N26O5. The molecule has 5 aliphatic heterocycles. The molecule has 31 heteroatoms. The number of rotatable bonds is 13. The maximum absolute atomic E-state index is 13.3. The van der Waals surface area contributed by atoms with Gasteiger partial charge in [-0.25, -0.2) is 33.6 Å². The number of benzene rings is 1. The fourth-order valence-electron chi connectivity index (χ4n) is 21.5. The Balaban J connectivity index is 0.000000124. The Morgan fingerprint density at radius 2 is 0.895 bits per heavy atom. The molecule has 0 amide bonds. The Morgan fingerprint density at radius 3 is 1.38 bits per heavy atom. The lowest BCUT2D eigenvalue weighted by Crippen LogP contribution is -2.62. The molecule has 1 atom stereocenters. The van der Waals surface area contributed by atoms with Crippen molar-refractivity contribution >= 4 is 67.3 Å². The van der Waals surface area contributed by atoms with Crippen LogP contribution < -0.4 is 63.1 Å². The van der Waals surface area contributed by atoms with Crippen molar-refractivity contribution in [1.29, 1.82) is 0 Å². The Hall–Kier alpha value is -12.4. The molecule has 4 N–H and O–H groups in total. The molecule has 698 valence electrons. The second-order valence-electron chi connectivity index (χ2n) is 41.7. The van der Waals surface area contributed by atoms with Crippen LogP contribution in [0.1, 0.15) is 193 Å². The van der Waals surface area contributed by atoms with Gasteiger partial charge >= 0.3 is 0 Å². The van der Waals surface area contributed by atoms with Gasteiger partial charge < -0.3 is 45.6 Å². The average Bonchev–Trinajstić information content (AvgIpc) is 1.74. The van der Waals surface area contributed by atoms with Crippen LogP contribution in [0, 0.1) is 41.5 Å². The second-order valence-corrected chi connectivity index (χ2v) is 41.7. The maximum Gasteiger partial charge on any atom is 0.258 e. The van der Waals surface area contributed by atoms with Crippen LogP contribution >= 0.6 is 0 Å². The van der Waals surface area contributed by atoms with Gasteiger partial charge in [0.05, 0.1) is 103 Å². The van der Waals surface area contributed by atoms with Crippen LogP contribution in [-0.4, -0.2) is 192 Å². The van der Waals surface area contributed by atoms with Crippen molar-refractivity contribution in [1.82, 2.24) is 108 Å². The zero-order valence-electron chi connectivity index (χ0n) is 81.6. The van der Waals surface area contributed by atoms with Gasteiger partial charge in [0, 0.05) is 190 Å². The van der Waals surface area contributed by atoms with Crippen LogP contribution in [0.3, 0.4) is 0 Å². The predicted molar refractivity (Wildman–Crippen MR) is 531 cm³/mol. The molecule has 20 rings (SSSR count). The number of hydrogen-bond donors (Lipinski definition) is 4. The van der Waals surface area contributed by atoms with Gasteiger partial charge in [-0.05, 0) is 260 Å². The van der Waals surface area contributed by atoms with Crippen LogP contribution in [-0.2, 0) is 18.2 Å². The lowest BCUT2D eigenvalue weighted by molar-refractivity contribution is -0.0394. The number of piperazine rings is 1. The monoisotopic (exact) mass is 1800 g/mol. The molecule has 0 aliphatic carbocycles. The van der Waals surface area contributed by atoms with E-state index in [9.17, 15) is 19.2 Å². The van der Waals surface area contributed by atoms with Crippen LogP contribution in [0.2, 0.25) is 0 Å². The molecule has 5 fully saturated rings. The fourth-order valence-corrected chi connectivity index (χ4v) is 21.5. The first-order valence-electron chi connectivity index (χ1n) is 46.8. The van der Waals surface area contributed by atoms with Gasteiger partial charge in [-0.15, -0.1) is 0 Å². The first kappa shape index (κ1) is 92.4. The normalized spacial score (nSPS) is 18.4. The predicted octanol–water partition coefficient (Wildman–Crippen LogP) is 14.4. The summed E-state index contributed by atoms with van der Waals surface area (Å²) in [5.41, 5.74) is 21.6. The maximum atomic E-state index is 13.3. The fraction of sp³-hybridized carbons (Fsp3) is 0.471. The van der Waals surface area contributed by atoms with Gasteiger partial charge in [0.25, 0.3) is 22.2 Å². The van der Waals surface area contributed by atoms with Crippen molar-refractivity contribution in [2.75, 3.05) is 73.5 Å². The number of hydrogen-bond acceptors (Lipinski definition) is 23. The first-order valence-corrected chi connectivity index (χ1v) is 46.8. The molecule has 15 aromatic rings. The van der Waals surface area contributed by atoms with Gasteiger partial charge in [-0.3, -0.25) is 51.4 Å². The second kappa shape index (κ2) is 35.5. The highest BCUT2D eigenvalue weighted by Gasteiger charge is 2.43. The number of ether oxygens (including phenoxy) is 1. The van der Waals surface area contributed by atoms with Crippen LogP contribution in [0.5, 0.6) is 0 Å². The van der Waals surface area contributed by atoms with Crippen LogP contribution in [0.4, 0.5) is 22.7 Å². The smallest absolute Gasteiger partial charge is 0.258 e. The molecule has 0 spiro atoms. The van der Waals surface area contributed by atoms with Gasteiger partial charge in [-0.2, -0.15) is 20.4 Å². The molecule has 133 heavy (non-hydrogen) atoms. The Labute approximate surface area is 776 Å². The topological polar surface area (TPSA) is 304 Å². The van der Waals surface area contributed by atoms with E-state index >= 15 is 0 Å². The third kappa shape index (κ3) is 19.9. The molecule has 19 heterocycles. The summed E-state index contributed by atoms with van der Waals surface area (Å²) in [5, 5.41) is 33.9. The molecule has 1 unspecified atom stereocenters. The van der Waals surface area contributed by atoms with Crippen molar-refractivity contribution < 1.29 is 4.74 Å². The number of pyridine rings is 4. The Bertz CT molecular complexity index is 7180. The molecule has 0 saturated carbocycles. The summed E-state index contributed by atoms with van der Waals surface area (Å²) in [5.74, 6) is 0. The third-order valence-corrected chi connectivity index (χ3v) is 26.8. The van der Waals surface area contributed by atoms with Gasteiger partial charge in [0.1, 0.15) is 40.2 Å². The number of aromatic nitrogens is 18. The minimum atomic E-state index is -0.114. The minimum Gasteiger partial charge on any atom is -0.370 e. The SMILES string of the molecule is CCc1nc(C)cn2nc(-c3cc(=O)n4cc(N(C)C5CC(C)(C)NC(C)(C)C5)cc(C)c4n3)cc12.Cc1cc(N(C)C2CC(C)(C)NC(C)(C)C2)cn2c(=O)cc(-c3ccc4nn(C)cc4c3)nc12.Cc1cn2nc(-c3cc(=O)n4cc(N(C)C5CC(C)(C)NC(C)(C)C5)cc(C)c4n3)cc2c(C)n1.O=c1cc(-c2cnn(C3CCCCO3)c2)nc2ccc(N3CCNCC3)cn12. The van der Waals surface area contributed by atoms with Gasteiger partial charge in [0.2, 0.25) is 0 Å². The lowest BCUT2D eigenvalue weighted by Gasteiger charge is -2.49. The number of anilines is 4. The zero-order chi connectivity index (χ0) is 94.6. The van der Waals surface area contributed by atoms with E-state index in [-0.39, 0.29) is 61.7 Å². The average molecular weight is 1800 g/mol. The number of nitrogens with one attached hydrogen (secondary N) is 4. The molecule has 5 aliphatic rings. The summed E-state index contributed by atoms with van der Waals surface area (Å²) < 4.78 is 19.7. The van der Waals surface area contributed by atoms with Crippen molar-refractivity contribution in [2.45, 2.75) is 253 Å². The van der Waals surface area contributed by atoms with E-state index in [0.717, 1.165) is 192 Å². The first-order chi connectivity index (χ1) is 62.9. The summed E-state index contributed by atoms with van der Waals surface area (Å²) in [6.07, 6.45) is 27.3. The number of aryl methyl sites for hydroxylation is 8. The quantitative estimate of drug-likeness (QED) is 0.0833. The number of nitrogens with zero attached hydrogens (tertiary/aromatic N) is 22. The van der Waals surface area contributed by atoms with E-state index in [1.165, 1.54) is 0 Å². The highest BCUT2D eigenvalue weighted by atomic mass is 16.5. The Kier molecular flexibility index (Phi) is 24.7. The van der Waals surface area contributed by atoms with E-state index in [1.807, 2.05) is 154 Å². The van der Waals surface area contributed by atoms with Crippen molar-refractivity contribution in [3.8, 4) is 45.3 Å². The standard InChI is InChI=1S/C28H37N7O.C27H35N7O.C27H34N6O.C20H24N6O2/c1-9-21-24-11-23(31-35(24)15-18(3)29-21)22-12-25(36)34-16-19(10-17(2)26(34)30-22)33(8)20-13-27(4,5)32-28(6,7)14-20;1-16-9-19(32(8)20-12-26(4,5)31-27(6,7)13-20)15-33-24(35)11-21(29-25(16)33)22-10-23-18(3)28-17(2)14-34(23)30-22;1-17-10-20(32(7)21-13-26(2,3)30-27(4,5)14-21)16-33-24(34)12-23(28-25(17)33)18-8-9-22-19(11-18)15-31(6)29-22;27-19-11-17(15-12-22-26(13-15)20-3-1-2-10-28-20)23-18-5-4-16(14-25(18)19)24-8-6-21-7-9-24/h10-12,15-16,20,32H,9,13-14H2,1-8H3;9-11,14-15,20,31H,12-13H2,1-8H3;8-12,15-16,21,30H,13-14H2,1-7H3;4-5,11-14,20-21H,1-3,6-10H2. The highest BCUT2D eigenvalue weighted by Crippen LogP contribution is 2.39. The summed E-state index contributed by atoms with van der Waals surface area (Å²) >= 11 is 0. The number of piperidine rings is 3. The summed E-state index contributed by atoms with van der Waals surface area (Å²) in [6, 6.07) is 27.7. The Morgan fingerprint density at radius 1 is 0.444 bits per heavy atom. The minimum absolute atomic E-state index is 0.0226. The molecular weight excluding hydrogens is 1670 g/mol. The van der Waals surface area contributed by atoms with Gasteiger partial charge in [0.15, 0.2) is 0 Å². The molecule has 0 bridgehead atoms. The molecule has 14 aromatic heterocycles. The van der Waals surface area contributed by atoms with E-state index < -0.39 is 0 Å². The largest absolute Gasteiger partial charge is 0.370 e. The van der Waals surface area contributed by atoms with E-state index in [4.69, 9.17) is 24.8 Å². The summed E-state index contributed by atoms with van der Waals surface area (Å²) in [7, 11) is 8.31. The van der Waals surface area contributed by atoms with Crippen LogP contribution in [0.25, 0.3) is 89.8 Å². The van der Waals surface area contributed by atoms with Gasteiger partial charge in [-0.1, -0.05) is 13.0 Å². The summed E-state index contributed by atoms with van der Waals surface area (Å²) in [4.78, 5) is 90.3. The number of fused-ring (bicyclic) bond motifs is 7.